The van der Waals surface area contributed by atoms with E-state index in [1.165, 1.54) is 0 Å². The van der Waals surface area contributed by atoms with Crippen molar-refractivity contribution in [3.05, 3.63) is 0 Å². The van der Waals surface area contributed by atoms with Gasteiger partial charge in [-0.25, -0.2) is 0 Å². The average molecular weight is 526 g/mol. The summed E-state index contributed by atoms with van der Waals surface area (Å²) in [7, 11) is -13.5. The highest BCUT2D eigenvalue weighted by Gasteiger charge is 2.13. The molecule has 0 saturated carbocycles. The van der Waals surface area contributed by atoms with Crippen LogP contribution in [-0.2, 0) is 40.8 Å². The second-order valence-electron chi connectivity index (χ2n) is 6.60. The maximum atomic E-state index is 11.6. The molecule has 3 atom stereocenters. The standard InChI is InChI=1S/C16H38NO12P3/c1-2-3-11-24-30(18,19)26-13-8-15-28-32(22,23)29-16-9-14-27-31(20,21)25-12-7-5-4-6-10-17/h2-17H2,1H3,(H,18,19)(H,20,21)(H,22,23)/p-3. The highest BCUT2D eigenvalue weighted by atomic mass is 31.2. The van der Waals surface area contributed by atoms with Crippen molar-refractivity contribution in [2.45, 2.75) is 58.3 Å². The van der Waals surface area contributed by atoms with Gasteiger partial charge in [-0.3, -0.25) is 13.7 Å². The lowest BCUT2D eigenvalue weighted by Gasteiger charge is -2.25. The van der Waals surface area contributed by atoms with E-state index in [0.717, 1.165) is 25.7 Å². The Morgan fingerprint density at radius 1 is 0.531 bits per heavy atom. The van der Waals surface area contributed by atoms with E-state index in [-0.39, 0.29) is 52.5 Å². The number of rotatable bonds is 23. The second-order valence-corrected chi connectivity index (χ2v) is 10.8. The Morgan fingerprint density at radius 3 is 1.19 bits per heavy atom. The van der Waals surface area contributed by atoms with Crippen molar-refractivity contribution in [1.29, 1.82) is 0 Å². The first kappa shape index (κ1) is 32.3. The zero-order valence-electron chi connectivity index (χ0n) is 18.4. The minimum Gasteiger partial charge on any atom is -0.756 e. The van der Waals surface area contributed by atoms with E-state index in [9.17, 15) is 28.4 Å². The molecule has 0 radical (unpaired) electrons. The maximum absolute atomic E-state index is 11.6. The Morgan fingerprint density at radius 2 is 0.844 bits per heavy atom. The largest absolute Gasteiger partial charge is 0.756 e. The predicted octanol–water partition coefficient (Wildman–Crippen LogP) is 1.59. The van der Waals surface area contributed by atoms with Crippen molar-refractivity contribution in [3.63, 3.8) is 0 Å². The van der Waals surface area contributed by atoms with Crippen LogP contribution >= 0.6 is 23.5 Å². The van der Waals surface area contributed by atoms with Crippen LogP contribution < -0.4 is 20.4 Å². The summed E-state index contributed by atoms with van der Waals surface area (Å²) in [6, 6.07) is 0. The molecular formula is C16H35NO12P3-3. The fourth-order valence-electron chi connectivity index (χ4n) is 2.03. The summed E-state index contributed by atoms with van der Waals surface area (Å²) >= 11 is 0. The molecule has 0 aromatic rings. The minimum atomic E-state index is -4.63. The van der Waals surface area contributed by atoms with Gasteiger partial charge >= 0.3 is 0 Å². The first-order chi connectivity index (χ1) is 15.0. The lowest BCUT2D eigenvalue weighted by atomic mass is 10.2. The van der Waals surface area contributed by atoms with E-state index in [1.807, 2.05) is 6.92 Å². The van der Waals surface area contributed by atoms with Crippen LogP contribution in [-0.4, -0.2) is 46.2 Å². The van der Waals surface area contributed by atoms with Crippen LogP contribution in [0.25, 0.3) is 0 Å². The van der Waals surface area contributed by atoms with Crippen LogP contribution in [0.3, 0.4) is 0 Å². The van der Waals surface area contributed by atoms with Gasteiger partial charge in [0, 0.05) is 0 Å². The van der Waals surface area contributed by atoms with E-state index in [2.05, 4.69) is 27.1 Å². The van der Waals surface area contributed by atoms with Gasteiger partial charge in [-0.1, -0.05) is 26.2 Å². The summed E-state index contributed by atoms with van der Waals surface area (Å²) in [6.07, 6.45) is 4.34. The molecule has 0 saturated heterocycles. The van der Waals surface area contributed by atoms with Crippen LogP contribution in [0.1, 0.15) is 58.3 Å². The van der Waals surface area contributed by atoms with Crippen molar-refractivity contribution >= 4 is 23.5 Å². The highest BCUT2D eigenvalue weighted by molar-refractivity contribution is 7.46. The molecule has 0 amide bonds. The van der Waals surface area contributed by atoms with Crippen LogP contribution in [0.15, 0.2) is 0 Å². The molecule has 13 nitrogen and oxygen atoms in total. The number of phosphoric acid groups is 3. The summed E-state index contributed by atoms with van der Waals surface area (Å²) in [5, 5.41) is 0. The number of nitrogens with two attached hydrogens (primary N) is 1. The molecule has 0 aliphatic carbocycles. The van der Waals surface area contributed by atoms with Crippen molar-refractivity contribution in [2.75, 3.05) is 46.2 Å². The Kier molecular flexibility index (Phi) is 18.8. The number of hydrogen-bond donors (Lipinski definition) is 1. The molecule has 0 aliphatic rings. The smallest absolute Gasteiger partial charge is 0.267 e. The third-order valence-corrected chi connectivity index (χ3v) is 6.66. The fraction of sp³-hybridized carbons (Fsp3) is 1.00. The topological polar surface area (TPSA) is 202 Å². The average Bonchev–Trinajstić information content (AvgIpc) is 2.70. The molecule has 0 aromatic heterocycles. The molecule has 2 N–H and O–H groups in total. The van der Waals surface area contributed by atoms with Gasteiger partial charge in [0.1, 0.15) is 0 Å². The fourth-order valence-corrected chi connectivity index (χ4v) is 4.37. The van der Waals surface area contributed by atoms with Gasteiger partial charge in [0.05, 0.1) is 39.6 Å². The molecule has 0 rings (SSSR count). The Balaban J connectivity index is 3.80. The summed E-state index contributed by atoms with van der Waals surface area (Å²) < 4.78 is 62.1. The zero-order valence-corrected chi connectivity index (χ0v) is 21.1. The summed E-state index contributed by atoms with van der Waals surface area (Å²) in [5.41, 5.74) is 5.36. The Bertz CT molecular complexity index is 609. The molecule has 194 valence electrons. The minimum absolute atomic E-state index is 0.00181. The van der Waals surface area contributed by atoms with Crippen LogP contribution in [0, 0.1) is 0 Å². The summed E-state index contributed by atoms with van der Waals surface area (Å²) in [5.74, 6) is 0. The van der Waals surface area contributed by atoms with Crippen LogP contribution in [0.4, 0.5) is 0 Å². The van der Waals surface area contributed by atoms with Gasteiger partial charge in [-0.05, 0) is 38.6 Å². The highest BCUT2D eigenvalue weighted by Crippen LogP contribution is 2.41. The molecule has 0 aromatic carbocycles. The lowest BCUT2D eigenvalue weighted by molar-refractivity contribution is -0.227. The van der Waals surface area contributed by atoms with Crippen molar-refractivity contribution in [1.82, 2.24) is 0 Å². The molecule has 16 heteroatoms. The number of unbranched alkanes of at least 4 members (excludes halogenated alkanes) is 4. The van der Waals surface area contributed by atoms with E-state index in [4.69, 9.17) is 5.73 Å². The molecule has 0 aliphatic heterocycles. The van der Waals surface area contributed by atoms with E-state index < -0.39 is 23.5 Å². The molecule has 32 heavy (non-hydrogen) atoms. The van der Waals surface area contributed by atoms with Gasteiger partial charge in [0.15, 0.2) is 0 Å². The summed E-state index contributed by atoms with van der Waals surface area (Å²) in [6.45, 7) is 1.12. The first-order valence-electron chi connectivity index (χ1n) is 10.5. The third kappa shape index (κ3) is 20.9. The van der Waals surface area contributed by atoms with Gasteiger partial charge in [-0.15, -0.1) is 0 Å². The van der Waals surface area contributed by atoms with Crippen molar-refractivity contribution < 1.29 is 55.5 Å². The second kappa shape index (κ2) is 18.6. The summed E-state index contributed by atoms with van der Waals surface area (Å²) in [4.78, 5) is 34.5. The predicted molar refractivity (Wildman–Crippen MR) is 110 cm³/mol. The van der Waals surface area contributed by atoms with Gasteiger partial charge in [-0.2, -0.15) is 0 Å². The molecule has 0 bridgehead atoms. The quantitative estimate of drug-likeness (QED) is 0.149. The monoisotopic (exact) mass is 526 g/mol. The Labute approximate surface area is 189 Å². The first-order valence-corrected chi connectivity index (χ1v) is 14.9. The van der Waals surface area contributed by atoms with Crippen LogP contribution in [0.2, 0.25) is 0 Å². The van der Waals surface area contributed by atoms with Crippen LogP contribution in [0.5, 0.6) is 0 Å². The number of phosphoric ester groups is 3. The normalized spacial score (nSPS) is 17.5. The molecule has 0 heterocycles. The number of hydrogen-bond acceptors (Lipinski definition) is 13. The third-order valence-electron chi connectivity index (χ3n) is 3.67. The lowest BCUT2D eigenvalue weighted by Crippen LogP contribution is -2.14. The van der Waals surface area contributed by atoms with E-state index in [0.29, 0.717) is 19.4 Å². The van der Waals surface area contributed by atoms with Gasteiger partial charge in [0.2, 0.25) is 0 Å². The Hall–Kier alpha value is 0.290. The van der Waals surface area contributed by atoms with Gasteiger partial charge in [0.25, 0.3) is 23.5 Å². The maximum Gasteiger partial charge on any atom is 0.267 e. The SMILES string of the molecule is CCCCOP(=O)([O-])OCCCOP(=O)([O-])OCCCOP(=O)([O-])OCCCCCCN. The molecule has 0 spiro atoms. The van der Waals surface area contributed by atoms with E-state index in [1.54, 1.807) is 0 Å². The molecule has 3 unspecified atom stereocenters. The molecule has 0 fully saturated rings. The zero-order chi connectivity index (χ0) is 24.3. The van der Waals surface area contributed by atoms with E-state index >= 15 is 0 Å². The van der Waals surface area contributed by atoms with Crippen molar-refractivity contribution in [2.24, 2.45) is 5.73 Å². The molecular weight excluding hydrogens is 491 g/mol. The van der Waals surface area contributed by atoms with Gasteiger partial charge < -0.3 is 47.6 Å². The van der Waals surface area contributed by atoms with Crippen molar-refractivity contribution in [3.8, 4) is 0 Å².